The number of hydrogen-bond donors (Lipinski definition) is 2. The molecule has 3 heterocycles. The molecule has 4 rings (SSSR count). The van der Waals surface area contributed by atoms with Crippen molar-refractivity contribution in [2.45, 2.75) is 6.42 Å². The van der Waals surface area contributed by atoms with Gasteiger partial charge in [0.15, 0.2) is 11.4 Å². The van der Waals surface area contributed by atoms with E-state index in [-0.39, 0.29) is 5.78 Å². The summed E-state index contributed by atoms with van der Waals surface area (Å²) in [4.78, 5) is 25.0. The zero-order valence-electron chi connectivity index (χ0n) is 15.2. The van der Waals surface area contributed by atoms with Crippen LogP contribution < -0.4 is 5.32 Å². The molecular formula is C20H17N7O. The van der Waals surface area contributed by atoms with Gasteiger partial charge in [0.1, 0.15) is 5.52 Å². The molecule has 0 aliphatic rings. The summed E-state index contributed by atoms with van der Waals surface area (Å²) < 4.78 is 1.69. The lowest BCUT2D eigenvalue weighted by Gasteiger charge is -2.05. The van der Waals surface area contributed by atoms with Gasteiger partial charge in [0.25, 0.3) is 0 Å². The quantitative estimate of drug-likeness (QED) is 0.398. The molecule has 8 nitrogen and oxygen atoms in total. The monoisotopic (exact) mass is 371 g/mol. The summed E-state index contributed by atoms with van der Waals surface area (Å²) in [5.41, 5.74) is 4.48. The SMILES string of the molecule is Cn1cc(-c2cnc3[nH]cc(C(=O)c4ccc(NCCC#N)cc4)c3n2)cn1. The van der Waals surface area contributed by atoms with Crippen LogP contribution in [0.25, 0.3) is 22.4 Å². The Bertz CT molecular complexity index is 1180. The van der Waals surface area contributed by atoms with Crippen LogP contribution in [-0.2, 0) is 7.05 Å². The molecule has 2 N–H and O–H groups in total. The number of nitrogens with one attached hydrogen (secondary N) is 2. The third-order valence-corrected chi connectivity index (χ3v) is 4.34. The topological polar surface area (TPSA) is 112 Å². The molecule has 0 radical (unpaired) electrons. The van der Waals surface area contributed by atoms with Gasteiger partial charge in [-0.25, -0.2) is 9.97 Å². The van der Waals surface area contributed by atoms with Gasteiger partial charge in [-0.05, 0) is 24.3 Å². The van der Waals surface area contributed by atoms with E-state index < -0.39 is 0 Å². The Balaban J connectivity index is 1.63. The van der Waals surface area contributed by atoms with Crippen molar-refractivity contribution < 1.29 is 4.79 Å². The molecule has 0 amide bonds. The molecule has 0 bridgehead atoms. The number of fused-ring (bicyclic) bond motifs is 1. The minimum absolute atomic E-state index is 0.132. The van der Waals surface area contributed by atoms with Crippen LogP contribution in [0.4, 0.5) is 5.69 Å². The average molecular weight is 371 g/mol. The fourth-order valence-corrected chi connectivity index (χ4v) is 2.91. The van der Waals surface area contributed by atoms with E-state index in [1.54, 1.807) is 35.4 Å². The molecule has 0 fully saturated rings. The Morgan fingerprint density at radius 1 is 1.29 bits per heavy atom. The molecule has 0 spiro atoms. The van der Waals surface area contributed by atoms with Crippen LogP contribution in [0, 0.1) is 11.3 Å². The summed E-state index contributed by atoms with van der Waals surface area (Å²) in [5, 5.41) is 15.9. The summed E-state index contributed by atoms with van der Waals surface area (Å²) in [7, 11) is 1.83. The molecule has 0 saturated heterocycles. The van der Waals surface area contributed by atoms with Gasteiger partial charge >= 0.3 is 0 Å². The lowest BCUT2D eigenvalue weighted by atomic mass is 10.0. The molecule has 28 heavy (non-hydrogen) atoms. The Labute approximate surface area is 160 Å². The van der Waals surface area contributed by atoms with Crippen LogP contribution in [0.1, 0.15) is 22.3 Å². The van der Waals surface area contributed by atoms with Crippen molar-refractivity contribution in [2.75, 3.05) is 11.9 Å². The van der Waals surface area contributed by atoms with Crippen LogP contribution in [0.5, 0.6) is 0 Å². The van der Waals surface area contributed by atoms with Crippen LogP contribution in [0.15, 0.2) is 49.1 Å². The van der Waals surface area contributed by atoms with Crippen molar-refractivity contribution in [1.82, 2.24) is 24.7 Å². The molecule has 0 aliphatic heterocycles. The molecule has 3 aromatic heterocycles. The maximum absolute atomic E-state index is 13.0. The van der Waals surface area contributed by atoms with Crippen molar-refractivity contribution in [3.05, 3.63) is 60.2 Å². The highest BCUT2D eigenvalue weighted by molar-refractivity contribution is 6.15. The van der Waals surface area contributed by atoms with Crippen molar-refractivity contribution in [2.24, 2.45) is 7.05 Å². The highest BCUT2D eigenvalue weighted by atomic mass is 16.1. The van der Waals surface area contributed by atoms with Gasteiger partial charge in [-0.3, -0.25) is 9.48 Å². The number of nitriles is 1. The zero-order chi connectivity index (χ0) is 19.5. The van der Waals surface area contributed by atoms with Crippen molar-refractivity contribution in [3.63, 3.8) is 0 Å². The second-order valence-corrected chi connectivity index (χ2v) is 6.30. The van der Waals surface area contributed by atoms with Crippen LogP contribution in [-0.4, -0.2) is 37.1 Å². The van der Waals surface area contributed by atoms with Gasteiger partial charge in [0.05, 0.1) is 36.1 Å². The van der Waals surface area contributed by atoms with Crippen molar-refractivity contribution >= 4 is 22.6 Å². The van der Waals surface area contributed by atoms with E-state index in [1.807, 2.05) is 25.4 Å². The highest BCUT2D eigenvalue weighted by Gasteiger charge is 2.17. The van der Waals surface area contributed by atoms with Gasteiger partial charge in [0, 0.05) is 42.8 Å². The highest BCUT2D eigenvalue weighted by Crippen LogP contribution is 2.23. The van der Waals surface area contributed by atoms with Gasteiger partial charge in [-0.1, -0.05) is 0 Å². The second-order valence-electron chi connectivity index (χ2n) is 6.30. The van der Waals surface area contributed by atoms with Crippen molar-refractivity contribution in [3.8, 4) is 17.3 Å². The fourth-order valence-electron chi connectivity index (χ4n) is 2.91. The number of rotatable bonds is 6. The predicted octanol–water partition coefficient (Wildman–Crippen LogP) is 2.91. The lowest BCUT2D eigenvalue weighted by Crippen LogP contribution is -2.03. The maximum atomic E-state index is 13.0. The first-order valence-electron chi connectivity index (χ1n) is 8.74. The predicted molar refractivity (Wildman–Crippen MR) is 105 cm³/mol. The van der Waals surface area contributed by atoms with E-state index in [4.69, 9.17) is 5.26 Å². The number of aromatic nitrogens is 5. The van der Waals surface area contributed by atoms with Crippen molar-refractivity contribution in [1.29, 1.82) is 5.26 Å². The number of carbonyl (C=O) groups excluding carboxylic acids is 1. The van der Waals surface area contributed by atoms with E-state index >= 15 is 0 Å². The Kier molecular flexibility index (Phi) is 4.56. The average Bonchev–Trinajstić information content (AvgIpc) is 3.34. The number of aromatic amines is 1. The molecule has 0 atom stereocenters. The summed E-state index contributed by atoms with van der Waals surface area (Å²) in [6.07, 6.45) is 7.28. The van der Waals surface area contributed by atoms with Gasteiger partial charge in [0.2, 0.25) is 0 Å². The first-order valence-corrected chi connectivity index (χ1v) is 8.74. The largest absolute Gasteiger partial charge is 0.384 e. The maximum Gasteiger partial charge on any atom is 0.196 e. The Hall–Kier alpha value is -3.99. The molecule has 1 aromatic carbocycles. The number of benzene rings is 1. The second kappa shape index (κ2) is 7.32. The van der Waals surface area contributed by atoms with E-state index in [0.29, 0.717) is 41.0 Å². The smallest absolute Gasteiger partial charge is 0.196 e. The summed E-state index contributed by atoms with van der Waals surface area (Å²) >= 11 is 0. The number of nitrogens with zero attached hydrogens (tertiary/aromatic N) is 5. The van der Waals surface area contributed by atoms with Crippen LogP contribution in [0.2, 0.25) is 0 Å². The molecule has 0 saturated carbocycles. The van der Waals surface area contributed by atoms with Gasteiger partial charge in [-0.2, -0.15) is 10.4 Å². The van der Waals surface area contributed by atoms with Crippen LogP contribution in [0.3, 0.4) is 0 Å². The minimum atomic E-state index is -0.132. The summed E-state index contributed by atoms with van der Waals surface area (Å²) in [6.45, 7) is 0.568. The number of hydrogen-bond acceptors (Lipinski definition) is 6. The first-order chi connectivity index (χ1) is 13.7. The number of H-pyrrole nitrogens is 1. The molecule has 0 unspecified atom stereocenters. The number of anilines is 1. The van der Waals surface area contributed by atoms with E-state index in [2.05, 4.69) is 31.4 Å². The van der Waals surface area contributed by atoms with E-state index in [9.17, 15) is 4.79 Å². The Morgan fingerprint density at radius 2 is 2.11 bits per heavy atom. The molecule has 4 aromatic rings. The zero-order valence-corrected chi connectivity index (χ0v) is 15.2. The molecule has 8 heteroatoms. The summed E-state index contributed by atoms with van der Waals surface area (Å²) in [6, 6.07) is 9.25. The lowest BCUT2D eigenvalue weighted by molar-refractivity contribution is 0.104. The normalized spacial score (nSPS) is 10.7. The van der Waals surface area contributed by atoms with E-state index in [1.165, 1.54) is 0 Å². The fraction of sp³-hybridized carbons (Fsp3) is 0.150. The first kappa shape index (κ1) is 17.4. The minimum Gasteiger partial charge on any atom is -0.384 e. The number of ketones is 1. The molecule has 0 aliphatic carbocycles. The third kappa shape index (κ3) is 3.33. The van der Waals surface area contributed by atoms with Crippen LogP contribution >= 0.6 is 0 Å². The third-order valence-electron chi connectivity index (χ3n) is 4.34. The van der Waals surface area contributed by atoms with Gasteiger partial charge < -0.3 is 10.3 Å². The number of aryl methyl sites for hydroxylation is 1. The van der Waals surface area contributed by atoms with Gasteiger partial charge in [-0.15, -0.1) is 0 Å². The standard InChI is InChI=1S/C20H17N7O/c1-27-12-14(9-25-27)17-11-24-20-18(26-17)16(10-23-20)19(28)13-3-5-15(6-4-13)22-8-2-7-21/h3-6,9-12,22H,2,8H2,1H3,(H,23,24). The summed E-state index contributed by atoms with van der Waals surface area (Å²) in [5.74, 6) is -0.132. The molecule has 138 valence electrons. The number of carbonyl (C=O) groups is 1. The Morgan fingerprint density at radius 3 is 2.82 bits per heavy atom. The molecular weight excluding hydrogens is 354 g/mol. The van der Waals surface area contributed by atoms with E-state index in [0.717, 1.165) is 11.3 Å².